The van der Waals surface area contributed by atoms with E-state index >= 15 is 0 Å². The van der Waals surface area contributed by atoms with Crippen molar-refractivity contribution in [1.29, 1.82) is 0 Å². The summed E-state index contributed by atoms with van der Waals surface area (Å²) in [4.78, 5) is 13.9. The van der Waals surface area contributed by atoms with Crippen LogP contribution in [0, 0.1) is 0 Å². The molecule has 2 N–H and O–H groups in total. The van der Waals surface area contributed by atoms with Crippen molar-refractivity contribution in [2.45, 2.75) is 31.9 Å². The van der Waals surface area contributed by atoms with Gasteiger partial charge in [0.1, 0.15) is 0 Å². The molecule has 2 rings (SSSR count). The van der Waals surface area contributed by atoms with E-state index in [-0.39, 0.29) is 5.91 Å². The summed E-state index contributed by atoms with van der Waals surface area (Å²) in [5, 5.41) is 12.9. The highest BCUT2D eigenvalue weighted by molar-refractivity contribution is 5.78. The number of piperidine rings is 1. The maximum atomic E-state index is 11.9. The van der Waals surface area contributed by atoms with E-state index in [2.05, 4.69) is 5.32 Å². The standard InChI is InChI=1S/C15H22N2O2/c1-15(19)8-5-9-17(12-15)11-14(18)16-10-13-6-3-2-4-7-13/h2-4,6-7,19H,5,8-12H2,1H3,(H,16,18). The molecule has 1 fully saturated rings. The highest BCUT2D eigenvalue weighted by Gasteiger charge is 2.28. The summed E-state index contributed by atoms with van der Waals surface area (Å²) >= 11 is 0. The van der Waals surface area contributed by atoms with Crippen molar-refractivity contribution in [2.24, 2.45) is 0 Å². The van der Waals surface area contributed by atoms with Crippen LogP contribution in [0.1, 0.15) is 25.3 Å². The molecule has 0 radical (unpaired) electrons. The molecule has 104 valence electrons. The first-order valence-corrected chi connectivity index (χ1v) is 6.80. The average molecular weight is 262 g/mol. The number of benzene rings is 1. The summed E-state index contributed by atoms with van der Waals surface area (Å²) in [5.74, 6) is 0.0153. The van der Waals surface area contributed by atoms with E-state index in [1.165, 1.54) is 0 Å². The minimum Gasteiger partial charge on any atom is -0.389 e. The topological polar surface area (TPSA) is 52.6 Å². The fourth-order valence-electron chi connectivity index (χ4n) is 2.51. The lowest BCUT2D eigenvalue weighted by atomic mass is 9.95. The molecule has 4 nitrogen and oxygen atoms in total. The lowest BCUT2D eigenvalue weighted by Gasteiger charge is -2.36. The average Bonchev–Trinajstić information content (AvgIpc) is 2.36. The molecule has 1 unspecified atom stereocenters. The van der Waals surface area contributed by atoms with Gasteiger partial charge >= 0.3 is 0 Å². The summed E-state index contributed by atoms with van der Waals surface area (Å²) in [6, 6.07) is 9.87. The van der Waals surface area contributed by atoms with Gasteiger partial charge in [-0.05, 0) is 31.9 Å². The van der Waals surface area contributed by atoms with Crippen molar-refractivity contribution in [2.75, 3.05) is 19.6 Å². The number of nitrogens with one attached hydrogen (secondary N) is 1. The van der Waals surface area contributed by atoms with Crippen molar-refractivity contribution < 1.29 is 9.90 Å². The summed E-state index contributed by atoms with van der Waals surface area (Å²) in [6.07, 6.45) is 1.76. The van der Waals surface area contributed by atoms with Gasteiger partial charge in [-0.15, -0.1) is 0 Å². The van der Waals surface area contributed by atoms with Crippen LogP contribution in [0.3, 0.4) is 0 Å². The largest absolute Gasteiger partial charge is 0.389 e. The van der Waals surface area contributed by atoms with Crippen LogP contribution in [0.4, 0.5) is 0 Å². The number of hydrogen-bond acceptors (Lipinski definition) is 3. The van der Waals surface area contributed by atoms with Gasteiger partial charge in [-0.1, -0.05) is 30.3 Å². The predicted molar refractivity (Wildman–Crippen MR) is 74.6 cm³/mol. The molecular weight excluding hydrogens is 240 g/mol. The summed E-state index contributed by atoms with van der Waals surface area (Å²) in [6.45, 7) is 4.22. The van der Waals surface area contributed by atoms with Gasteiger partial charge in [0, 0.05) is 13.1 Å². The molecule has 0 aromatic heterocycles. The Morgan fingerprint density at radius 3 is 2.84 bits per heavy atom. The Kier molecular flexibility index (Phi) is 4.56. The summed E-state index contributed by atoms with van der Waals surface area (Å²) in [5.41, 5.74) is 0.444. The van der Waals surface area contributed by atoms with Gasteiger partial charge in [-0.3, -0.25) is 9.69 Å². The lowest BCUT2D eigenvalue weighted by molar-refractivity contribution is -0.123. The fourth-order valence-corrected chi connectivity index (χ4v) is 2.51. The van der Waals surface area contributed by atoms with Gasteiger partial charge in [0.15, 0.2) is 0 Å². The maximum Gasteiger partial charge on any atom is 0.234 e. The van der Waals surface area contributed by atoms with Gasteiger partial charge in [0.2, 0.25) is 5.91 Å². The smallest absolute Gasteiger partial charge is 0.234 e. The third kappa shape index (κ3) is 4.65. The van der Waals surface area contributed by atoms with Crippen LogP contribution in [-0.2, 0) is 11.3 Å². The first kappa shape index (κ1) is 14.0. The second kappa shape index (κ2) is 6.17. The van der Waals surface area contributed by atoms with Crippen molar-refractivity contribution in [3.05, 3.63) is 35.9 Å². The molecule has 0 bridgehead atoms. The Hall–Kier alpha value is -1.39. The zero-order chi connectivity index (χ0) is 13.7. The number of hydrogen-bond donors (Lipinski definition) is 2. The minimum absolute atomic E-state index is 0.0153. The molecule has 1 aromatic rings. The van der Waals surface area contributed by atoms with E-state index in [9.17, 15) is 9.90 Å². The van der Waals surface area contributed by atoms with Gasteiger partial charge in [-0.2, -0.15) is 0 Å². The molecule has 1 heterocycles. The number of β-amino-alcohol motifs (C(OH)–C–C–N with tert-alkyl or cyclic N) is 1. The quantitative estimate of drug-likeness (QED) is 0.856. The molecule has 1 aromatic carbocycles. The predicted octanol–water partition coefficient (Wildman–Crippen LogP) is 1.15. The molecule has 1 atom stereocenters. The van der Waals surface area contributed by atoms with E-state index < -0.39 is 5.60 Å². The lowest BCUT2D eigenvalue weighted by Crippen LogP contribution is -2.49. The number of aliphatic hydroxyl groups is 1. The second-order valence-electron chi connectivity index (χ2n) is 5.57. The van der Waals surface area contributed by atoms with Crippen LogP contribution >= 0.6 is 0 Å². The minimum atomic E-state index is -0.655. The number of nitrogens with zero attached hydrogens (tertiary/aromatic N) is 1. The van der Waals surface area contributed by atoms with Crippen LogP contribution < -0.4 is 5.32 Å². The Labute approximate surface area is 114 Å². The monoisotopic (exact) mass is 262 g/mol. The molecular formula is C15H22N2O2. The van der Waals surface area contributed by atoms with E-state index in [1.54, 1.807) is 0 Å². The zero-order valence-corrected chi connectivity index (χ0v) is 11.4. The zero-order valence-electron chi connectivity index (χ0n) is 11.4. The van der Waals surface area contributed by atoms with Crippen LogP contribution in [0.25, 0.3) is 0 Å². The molecule has 0 aliphatic carbocycles. The van der Waals surface area contributed by atoms with Crippen molar-refractivity contribution in [1.82, 2.24) is 10.2 Å². The number of rotatable bonds is 4. The summed E-state index contributed by atoms with van der Waals surface area (Å²) in [7, 11) is 0. The SMILES string of the molecule is CC1(O)CCCN(CC(=O)NCc2ccccc2)C1. The molecule has 0 saturated carbocycles. The highest BCUT2D eigenvalue weighted by atomic mass is 16.3. The Morgan fingerprint density at radius 1 is 1.42 bits per heavy atom. The molecule has 1 amide bonds. The molecule has 19 heavy (non-hydrogen) atoms. The van der Waals surface area contributed by atoms with Crippen LogP contribution in [-0.4, -0.2) is 41.1 Å². The van der Waals surface area contributed by atoms with Crippen molar-refractivity contribution >= 4 is 5.91 Å². The Bertz CT molecular complexity index is 417. The molecule has 1 aliphatic rings. The van der Waals surface area contributed by atoms with E-state index in [1.807, 2.05) is 42.2 Å². The first-order chi connectivity index (χ1) is 9.05. The third-order valence-corrected chi connectivity index (χ3v) is 3.45. The molecule has 4 heteroatoms. The Balaban J connectivity index is 1.75. The van der Waals surface area contributed by atoms with Gasteiger partial charge in [0.25, 0.3) is 0 Å². The van der Waals surface area contributed by atoms with Crippen LogP contribution in [0.15, 0.2) is 30.3 Å². The van der Waals surface area contributed by atoms with Crippen molar-refractivity contribution in [3.63, 3.8) is 0 Å². The first-order valence-electron chi connectivity index (χ1n) is 6.80. The molecule has 0 spiro atoms. The van der Waals surface area contributed by atoms with Gasteiger partial charge in [-0.25, -0.2) is 0 Å². The fraction of sp³-hybridized carbons (Fsp3) is 0.533. The maximum absolute atomic E-state index is 11.9. The van der Waals surface area contributed by atoms with E-state index in [0.29, 0.717) is 19.6 Å². The van der Waals surface area contributed by atoms with E-state index in [4.69, 9.17) is 0 Å². The number of likely N-dealkylation sites (tertiary alicyclic amines) is 1. The molecule has 1 aliphatic heterocycles. The highest BCUT2D eigenvalue weighted by Crippen LogP contribution is 2.19. The third-order valence-electron chi connectivity index (χ3n) is 3.45. The van der Waals surface area contributed by atoms with Crippen molar-refractivity contribution in [3.8, 4) is 0 Å². The van der Waals surface area contributed by atoms with Crippen LogP contribution in [0.2, 0.25) is 0 Å². The number of carbonyl (C=O) groups excluding carboxylic acids is 1. The Morgan fingerprint density at radius 2 is 2.16 bits per heavy atom. The van der Waals surface area contributed by atoms with Gasteiger partial charge in [0.05, 0.1) is 12.1 Å². The normalized spacial score (nSPS) is 24.1. The van der Waals surface area contributed by atoms with Crippen LogP contribution in [0.5, 0.6) is 0 Å². The molecule has 1 saturated heterocycles. The van der Waals surface area contributed by atoms with E-state index in [0.717, 1.165) is 24.9 Å². The summed E-state index contributed by atoms with van der Waals surface area (Å²) < 4.78 is 0. The van der Waals surface area contributed by atoms with Gasteiger partial charge < -0.3 is 10.4 Å². The number of amides is 1. The number of carbonyl (C=O) groups is 1. The second-order valence-corrected chi connectivity index (χ2v) is 5.57.